The van der Waals surface area contributed by atoms with Gasteiger partial charge in [0.2, 0.25) is 5.91 Å². The zero-order chi connectivity index (χ0) is 19.6. The first-order valence-corrected chi connectivity index (χ1v) is 9.89. The number of nitrogens with zero attached hydrogens (tertiary/aromatic N) is 2. The van der Waals surface area contributed by atoms with Crippen LogP contribution in [0.15, 0.2) is 18.2 Å². The van der Waals surface area contributed by atoms with Crippen molar-refractivity contribution in [1.82, 2.24) is 10.3 Å². The summed E-state index contributed by atoms with van der Waals surface area (Å²) in [5.74, 6) is -0.0655. The molecule has 5 N–H and O–H groups in total. The Labute approximate surface area is 162 Å². The normalized spacial score (nSPS) is 11.9. The zero-order valence-corrected chi connectivity index (χ0v) is 16.1. The third-order valence-corrected chi connectivity index (χ3v) is 5.11. The van der Waals surface area contributed by atoms with Crippen LogP contribution in [-0.4, -0.2) is 35.8 Å². The van der Waals surface area contributed by atoms with Crippen LogP contribution in [0, 0.1) is 11.3 Å². The number of hydrogen-bond donors (Lipinski definition) is 3. The number of carbonyl (C=O) groups excluding carboxylic acids is 2. The monoisotopic (exact) mass is 387 g/mol. The van der Waals surface area contributed by atoms with Gasteiger partial charge >= 0.3 is 0 Å². The van der Waals surface area contributed by atoms with E-state index in [9.17, 15) is 9.59 Å². The Morgan fingerprint density at radius 2 is 2.11 bits per heavy atom. The van der Waals surface area contributed by atoms with Crippen LogP contribution in [-0.2, 0) is 16.0 Å². The number of carbonyl (C=O) groups is 2. The second-order valence-corrected chi connectivity index (χ2v) is 7.46. The highest BCUT2D eigenvalue weighted by molar-refractivity contribution is 7.19. The van der Waals surface area contributed by atoms with Gasteiger partial charge in [0.05, 0.1) is 16.3 Å². The maximum absolute atomic E-state index is 12.1. The predicted octanol–water partition coefficient (Wildman–Crippen LogP) is 1.63. The van der Waals surface area contributed by atoms with Gasteiger partial charge in [-0.15, -0.1) is 11.3 Å². The Morgan fingerprint density at radius 1 is 1.30 bits per heavy atom. The van der Waals surface area contributed by atoms with Crippen molar-refractivity contribution in [2.45, 2.75) is 44.6 Å². The highest BCUT2D eigenvalue weighted by Gasteiger charge is 2.12. The molecule has 0 bridgehead atoms. The molecule has 0 aliphatic rings. The number of unbranched alkanes of at least 4 members (excludes halogenated alkanes) is 1. The summed E-state index contributed by atoms with van der Waals surface area (Å²) in [6, 6.07) is 7.13. The average Bonchev–Trinajstić information content (AvgIpc) is 3.07. The Kier molecular flexibility index (Phi) is 8.33. The van der Waals surface area contributed by atoms with Crippen molar-refractivity contribution in [3.05, 3.63) is 28.8 Å². The van der Waals surface area contributed by atoms with Gasteiger partial charge < -0.3 is 16.8 Å². The van der Waals surface area contributed by atoms with E-state index in [1.165, 1.54) is 11.3 Å². The molecule has 1 atom stereocenters. The number of hydrogen-bond acceptors (Lipinski definition) is 7. The molecular weight excluding hydrogens is 362 g/mol. The number of nitrogens with one attached hydrogen (secondary N) is 1. The molecule has 1 aromatic heterocycles. The summed E-state index contributed by atoms with van der Waals surface area (Å²) < 4.78 is 0.910. The molecule has 1 heterocycles. The van der Waals surface area contributed by atoms with Crippen LogP contribution in [0.3, 0.4) is 0 Å². The van der Waals surface area contributed by atoms with Crippen molar-refractivity contribution in [2.75, 3.05) is 13.1 Å². The SMILES string of the molecule is N#Cc1nc2ccc(CC(=O)CCCNC(=O)C(N)CCCCN)cc2s1. The Morgan fingerprint density at radius 3 is 2.85 bits per heavy atom. The second kappa shape index (κ2) is 10.7. The average molecular weight is 388 g/mol. The fraction of sp³-hybridized carbons (Fsp3) is 0.474. The number of ketones is 1. The van der Waals surface area contributed by atoms with Crippen LogP contribution in [0.4, 0.5) is 0 Å². The fourth-order valence-electron chi connectivity index (χ4n) is 2.71. The number of aromatic nitrogens is 1. The van der Waals surface area contributed by atoms with E-state index in [1.807, 2.05) is 24.3 Å². The van der Waals surface area contributed by atoms with Crippen molar-refractivity contribution < 1.29 is 9.59 Å². The van der Waals surface area contributed by atoms with Crippen LogP contribution in [0.5, 0.6) is 0 Å². The minimum absolute atomic E-state index is 0.112. The number of Topliss-reactive ketones (excluding diaryl/α,β-unsaturated/α-hetero) is 1. The first-order chi connectivity index (χ1) is 13.0. The molecule has 0 fully saturated rings. The van der Waals surface area contributed by atoms with Gasteiger partial charge in [0, 0.05) is 19.4 Å². The number of rotatable bonds is 11. The van der Waals surface area contributed by atoms with Crippen molar-refractivity contribution in [3.63, 3.8) is 0 Å². The lowest BCUT2D eigenvalue weighted by Gasteiger charge is -2.11. The lowest BCUT2D eigenvalue weighted by Crippen LogP contribution is -2.41. The maximum atomic E-state index is 12.1. The molecule has 0 aliphatic heterocycles. The summed E-state index contributed by atoms with van der Waals surface area (Å²) in [5.41, 5.74) is 12.9. The minimum Gasteiger partial charge on any atom is -0.355 e. The third-order valence-electron chi connectivity index (χ3n) is 4.19. The molecule has 7 nitrogen and oxygen atoms in total. The molecule has 2 rings (SSSR count). The van der Waals surface area contributed by atoms with Crippen LogP contribution >= 0.6 is 11.3 Å². The maximum Gasteiger partial charge on any atom is 0.236 e. The van der Waals surface area contributed by atoms with Crippen molar-refractivity contribution in [1.29, 1.82) is 5.26 Å². The van der Waals surface area contributed by atoms with E-state index in [0.717, 1.165) is 28.6 Å². The summed E-state index contributed by atoms with van der Waals surface area (Å²) in [4.78, 5) is 28.2. The highest BCUT2D eigenvalue weighted by atomic mass is 32.1. The molecule has 0 aliphatic carbocycles. The summed E-state index contributed by atoms with van der Waals surface area (Å²) in [7, 11) is 0. The molecule has 0 spiro atoms. The van der Waals surface area contributed by atoms with Gasteiger partial charge in [-0.2, -0.15) is 5.26 Å². The largest absolute Gasteiger partial charge is 0.355 e. The van der Waals surface area contributed by atoms with Gasteiger partial charge in [0.15, 0.2) is 5.01 Å². The van der Waals surface area contributed by atoms with Crippen molar-refractivity contribution >= 4 is 33.2 Å². The molecule has 0 saturated carbocycles. The number of amides is 1. The lowest BCUT2D eigenvalue weighted by molar-refractivity contribution is -0.123. The van der Waals surface area contributed by atoms with Crippen molar-refractivity contribution in [3.8, 4) is 6.07 Å². The Bertz CT molecular complexity index is 827. The summed E-state index contributed by atoms with van der Waals surface area (Å²) in [6.45, 7) is 1.04. The Hall–Kier alpha value is -2.34. The van der Waals surface area contributed by atoms with E-state index in [1.54, 1.807) is 0 Å². The summed E-state index contributed by atoms with van der Waals surface area (Å²) in [5, 5.41) is 12.1. The van der Waals surface area contributed by atoms with E-state index in [4.69, 9.17) is 16.7 Å². The molecule has 0 radical (unpaired) electrons. The van der Waals surface area contributed by atoms with Crippen LogP contribution in [0.25, 0.3) is 10.2 Å². The highest BCUT2D eigenvalue weighted by Crippen LogP contribution is 2.23. The van der Waals surface area contributed by atoms with E-state index in [2.05, 4.69) is 10.3 Å². The van der Waals surface area contributed by atoms with Gasteiger partial charge in [-0.25, -0.2) is 4.98 Å². The van der Waals surface area contributed by atoms with Crippen LogP contribution in [0.1, 0.15) is 42.7 Å². The molecule has 27 heavy (non-hydrogen) atoms. The molecule has 0 saturated heterocycles. The van der Waals surface area contributed by atoms with E-state index in [0.29, 0.717) is 43.8 Å². The van der Waals surface area contributed by atoms with Crippen molar-refractivity contribution in [2.24, 2.45) is 11.5 Å². The van der Waals surface area contributed by atoms with Crippen LogP contribution < -0.4 is 16.8 Å². The molecular formula is C19H25N5O2S. The standard InChI is InChI=1S/C19H25N5O2S/c20-8-2-1-5-15(22)19(26)23-9-3-4-14(25)10-13-6-7-16-17(11-13)27-18(12-21)24-16/h6-7,11,15H,1-5,8-10,20,22H2,(H,23,26). The second-order valence-electron chi connectivity index (χ2n) is 6.43. The topological polar surface area (TPSA) is 135 Å². The Balaban J connectivity index is 1.70. The number of thiazole rings is 1. The van der Waals surface area contributed by atoms with Gasteiger partial charge in [-0.3, -0.25) is 9.59 Å². The summed E-state index contributed by atoms with van der Waals surface area (Å²) >= 11 is 1.32. The number of benzene rings is 1. The van der Waals surface area contributed by atoms with Gasteiger partial charge in [0.25, 0.3) is 0 Å². The van der Waals surface area contributed by atoms with Crippen LogP contribution in [0.2, 0.25) is 0 Å². The first kappa shape index (κ1) is 21.0. The summed E-state index contributed by atoms with van der Waals surface area (Å²) in [6.07, 6.45) is 3.64. The van der Waals surface area contributed by atoms with Gasteiger partial charge in [-0.1, -0.05) is 12.5 Å². The van der Waals surface area contributed by atoms with E-state index >= 15 is 0 Å². The van der Waals surface area contributed by atoms with E-state index < -0.39 is 6.04 Å². The predicted molar refractivity (Wildman–Crippen MR) is 106 cm³/mol. The molecule has 1 unspecified atom stereocenters. The number of fused-ring (bicyclic) bond motifs is 1. The molecule has 144 valence electrons. The number of nitriles is 1. The smallest absolute Gasteiger partial charge is 0.236 e. The quantitative estimate of drug-likeness (QED) is 0.502. The number of nitrogens with two attached hydrogens (primary N) is 2. The third kappa shape index (κ3) is 6.71. The zero-order valence-electron chi connectivity index (χ0n) is 15.2. The molecule has 8 heteroatoms. The first-order valence-electron chi connectivity index (χ1n) is 9.08. The molecule has 1 aromatic carbocycles. The fourth-order valence-corrected chi connectivity index (χ4v) is 3.54. The molecule has 1 amide bonds. The minimum atomic E-state index is -0.517. The van der Waals surface area contributed by atoms with Gasteiger partial charge in [0.1, 0.15) is 11.9 Å². The van der Waals surface area contributed by atoms with E-state index in [-0.39, 0.29) is 11.7 Å². The lowest BCUT2D eigenvalue weighted by atomic mass is 10.1. The van der Waals surface area contributed by atoms with Gasteiger partial charge in [-0.05, 0) is 43.5 Å². The molecule has 2 aromatic rings.